The van der Waals surface area contributed by atoms with Crippen molar-refractivity contribution < 1.29 is 9.53 Å². The number of fused-ring (bicyclic) bond motifs is 1. The standard InChI is InChI=1S/C20H28ClN5O3/c1-13(22)17-23-15-8-5-7-14(21)16(15)18(27)26(17)25-10-6-9-24(11-12-25)19(28)29-20(2,3)4/h5,7-8,13H,6,9-12,22H2,1-4H3/t13-/m0/s1. The van der Waals surface area contributed by atoms with E-state index in [4.69, 9.17) is 22.1 Å². The van der Waals surface area contributed by atoms with Gasteiger partial charge in [-0.1, -0.05) is 17.7 Å². The number of hydrogen-bond acceptors (Lipinski definition) is 6. The number of benzene rings is 1. The first-order chi connectivity index (χ1) is 13.6. The van der Waals surface area contributed by atoms with Gasteiger partial charge in [-0.2, -0.15) is 0 Å². The molecule has 0 spiro atoms. The number of carbonyl (C=O) groups is 1. The predicted octanol–water partition coefficient (Wildman–Crippen LogP) is 2.65. The van der Waals surface area contributed by atoms with Crippen LogP contribution in [0.4, 0.5) is 4.79 Å². The maximum atomic E-state index is 13.3. The summed E-state index contributed by atoms with van der Waals surface area (Å²) in [5, 5.41) is 2.61. The summed E-state index contributed by atoms with van der Waals surface area (Å²) in [6, 6.07) is 4.74. The Labute approximate surface area is 175 Å². The number of hydrogen-bond donors (Lipinski definition) is 1. The van der Waals surface area contributed by atoms with Crippen LogP contribution in [0.5, 0.6) is 0 Å². The molecule has 1 amide bonds. The van der Waals surface area contributed by atoms with Crippen LogP contribution in [0.15, 0.2) is 23.0 Å². The van der Waals surface area contributed by atoms with Gasteiger partial charge in [0.15, 0.2) is 0 Å². The predicted molar refractivity (Wildman–Crippen MR) is 114 cm³/mol. The first kappa shape index (κ1) is 21.4. The Hall–Kier alpha value is -2.32. The molecule has 158 valence electrons. The molecular weight excluding hydrogens is 394 g/mol. The molecule has 1 saturated heterocycles. The fraction of sp³-hybridized carbons (Fsp3) is 0.550. The van der Waals surface area contributed by atoms with Gasteiger partial charge in [-0.05, 0) is 46.2 Å². The smallest absolute Gasteiger partial charge is 0.410 e. The van der Waals surface area contributed by atoms with E-state index in [0.29, 0.717) is 54.3 Å². The summed E-state index contributed by atoms with van der Waals surface area (Å²) in [6.45, 7) is 9.33. The molecule has 0 saturated carbocycles. The Kier molecular flexibility index (Phi) is 6.05. The third-order valence-corrected chi connectivity index (χ3v) is 4.98. The normalized spacial score (nSPS) is 16.6. The number of nitrogens with two attached hydrogens (primary N) is 1. The third-order valence-electron chi connectivity index (χ3n) is 4.66. The van der Waals surface area contributed by atoms with E-state index in [-0.39, 0.29) is 11.7 Å². The Morgan fingerprint density at radius 3 is 2.62 bits per heavy atom. The van der Waals surface area contributed by atoms with Crippen LogP contribution < -0.4 is 16.3 Å². The number of ether oxygens (including phenoxy) is 1. The van der Waals surface area contributed by atoms with Crippen molar-refractivity contribution in [3.05, 3.63) is 39.4 Å². The van der Waals surface area contributed by atoms with Gasteiger partial charge in [-0.25, -0.2) is 14.5 Å². The SMILES string of the molecule is C[C@H](N)c1nc2cccc(Cl)c2c(=O)n1N1CCCN(C(=O)OC(C)(C)C)CC1. The fourth-order valence-electron chi connectivity index (χ4n) is 3.38. The summed E-state index contributed by atoms with van der Waals surface area (Å²) >= 11 is 6.29. The highest BCUT2D eigenvalue weighted by atomic mass is 35.5. The zero-order valence-electron chi connectivity index (χ0n) is 17.3. The van der Waals surface area contributed by atoms with E-state index in [1.165, 1.54) is 4.68 Å². The van der Waals surface area contributed by atoms with E-state index in [1.807, 2.05) is 25.8 Å². The molecule has 1 aliphatic rings. The molecule has 0 aliphatic carbocycles. The number of nitrogens with zero attached hydrogens (tertiary/aromatic N) is 4. The highest BCUT2D eigenvalue weighted by Gasteiger charge is 2.27. The summed E-state index contributed by atoms with van der Waals surface area (Å²) < 4.78 is 7.01. The molecule has 2 aromatic rings. The summed E-state index contributed by atoms with van der Waals surface area (Å²) in [5.74, 6) is 0.468. The van der Waals surface area contributed by atoms with E-state index in [9.17, 15) is 9.59 Å². The van der Waals surface area contributed by atoms with Crippen LogP contribution in [0.2, 0.25) is 5.02 Å². The zero-order valence-corrected chi connectivity index (χ0v) is 18.1. The number of halogens is 1. The van der Waals surface area contributed by atoms with Crippen LogP contribution in [0, 0.1) is 0 Å². The zero-order chi connectivity index (χ0) is 21.3. The van der Waals surface area contributed by atoms with Gasteiger partial charge in [0.1, 0.15) is 11.4 Å². The Bertz CT molecular complexity index is 967. The monoisotopic (exact) mass is 421 g/mol. The van der Waals surface area contributed by atoms with Crippen LogP contribution in [-0.2, 0) is 4.74 Å². The Morgan fingerprint density at radius 2 is 1.97 bits per heavy atom. The Balaban J connectivity index is 1.95. The van der Waals surface area contributed by atoms with E-state index < -0.39 is 11.6 Å². The van der Waals surface area contributed by atoms with Crippen molar-refractivity contribution in [3.63, 3.8) is 0 Å². The van der Waals surface area contributed by atoms with Crippen molar-refractivity contribution in [3.8, 4) is 0 Å². The molecule has 9 heteroatoms. The van der Waals surface area contributed by atoms with Crippen LogP contribution in [0.25, 0.3) is 10.9 Å². The van der Waals surface area contributed by atoms with Crippen LogP contribution in [0.3, 0.4) is 0 Å². The number of aromatic nitrogens is 2. The van der Waals surface area contributed by atoms with E-state index in [2.05, 4.69) is 4.98 Å². The molecule has 1 aromatic carbocycles. The molecule has 0 unspecified atom stereocenters. The Morgan fingerprint density at radius 1 is 1.24 bits per heavy atom. The third kappa shape index (κ3) is 4.64. The minimum atomic E-state index is -0.554. The second-order valence-electron chi connectivity index (χ2n) is 8.28. The summed E-state index contributed by atoms with van der Waals surface area (Å²) in [5.41, 5.74) is 5.86. The molecular formula is C20H28ClN5O3. The van der Waals surface area contributed by atoms with Crippen molar-refractivity contribution in [2.75, 3.05) is 31.2 Å². The van der Waals surface area contributed by atoms with Gasteiger partial charge in [0.2, 0.25) is 0 Å². The van der Waals surface area contributed by atoms with Crippen molar-refractivity contribution in [2.45, 2.75) is 45.8 Å². The lowest BCUT2D eigenvalue weighted by molar-refractivity contribution is 0.0263. The fourth-order valence-corrected chi connectivity index (χ4v) is 3.63. The molecule has 1 atom stereocenters. The summed E-state index contributed by atoms with van der Waals surface area (Å²) in [6.07, 6.45) is 0.337. The van der Waals surface area contributed by atoms with E-state index in [1.54, 1.807) is 30.0 Å². The van der Waals surface area contributed by atoms with Crippen molar-refractivity contribution in [1.29, 1.82) is 0 Å². The first-order valence-corrected chi connectivity index (χ1v) is 10.2. The lowest BCUT2D eigenvalue weighted by Crippen LogP contribution is -2.48. The number of rotatable bonds is 2. The van der Waals surface area contributed by atoms with Crippen LogP contribution >= 0.6 is 11.6 Å². The largest absolute Gasteiger partial charge is 0.444 e. The quantitative estimate of drug-likeness (QED) is 0.801. The van der Waals surface area contributed by atoms with Crippen LogP contribution in [0.1, 0.15) is 46.0 Å². The van der Waals surface area contributed by atoms with Gasteiger partial charge in [0.25, 0.3) is 5.56 Å². The van der Waals surface area contributed by atoms with Crippen molar-refractivity contribution in [2.24, 2.45) is 5.73 Å². The maximum Gasteiger partial charge on any atom is 0.410 e. The van der Waals surface area contributed by atoms with Gasteiger partial charge >= 0.3 is 6.09 Å². The highest BCUT2D eigenvalue weighted by Crippen LogP contribution is 2.21. The van der Waals surface area contributed by atoms with Gasteiger partial charge < -0.3 is 20.4 Å². The minimum Gasteiger partial charge on any atom is -0.444 e. The average Bonchev–Trinajstić information content (AvgIpc) is 2.86. The molecule has 1 fully saturated rings. The van der Waals surface area contributed by atoms with E-state index >= 15 is 0 Å². The lowest BCUT2D eigenvalue weighted by atomic mass is 10.2. The molecule has 2 heterocycles. The molecule has 0 radical (unpaired) electrons. The molecule has 29 heavy (non-hydrogen) atoms. The van der Waals surface area contributed by atoms with Crippen LogP contribution in [-0.4, -0.2) is 52.4 Å². The number of carbonyl (C=O) groups excluding carboxylic acids is 1. The first-order valence-electron chi connectivity index (χ1n) is 9.78. The van der Waals surface area contributed by atoms with Gasteiger partial charge in [-0.15, -0.1) is 0 Å². The summed E-state index contributed by atoms with van der Waals surface area (Å²) in [7, 11) is 0. The van der Waals surface area contributed by atoms with Gasteiger partial charge in [0.05, 0.1) is 28.5 Å². The molecule has 2 N–H and O–H groups in total. The number of amides is 1. The molecule has 0 bridgehead atoms. The summed E-state index contributed by atoms with van der Waals surface area (Å²) in [4.78, 5) is 32.0. The minimum absolute atomic E-state index is 0.251. The maximum absolute atomic E-state index is 13.3. The molecule has 8 nitrogen and oxygen atoms in total. The molecule has 3 rings (SSSR count). The van der Waals surface area contributed by atoms with E-state index in [0.717, 1.165) is 0 Å². The molecule has 1 aromatic heterocycles. The molecule has 1 aliphatic heterocycles. The van der Waals surface area contributed by atoms with Gasteiger partial charge in [0, 0.05) is 19.6 Å². The average molecular weight is 422 g/mol. The van der Waals surface area contributed by atoms with Crippen molar-refractivity contribution >= 4 is 28.6 Å². The van der Waals surface area contributed by atoms with Crippen molar-refractivity contribution in [1.82, 2.24) is 14.6 Å². The lowest BCUT2D eigenvalue weighted by Gasteiger charge is -2.29. The highest BCUT2D eigenvalue weighted by molar-refractivity contribution is 6.35. The second-order valence-corrected chi connectivity index (χ2v) is 8.69. The second kappa shape index (κ2) is 8.20. The topological polar surface area (TPSA) is 93.7 Å². The van der Waals surface area contributed by atoms with Gasteiger partial charge in [-0.3, -0.25) is 4.79 Å².